The zero-order valence-corrected chi connectivity index (χ0v) is 8.33. The highest BCUT2D eigenvalue weighted by molar-refractivity contribution is 7.13. The summed E-state index contributed by atoms with van der Waals surface area (Å²) >= 11 is 1.46. The van der Waals surface area contributed by atoms with E-state index in [4.69, 9.17) is 9.84 Å². The van der Waals surface area contributed by atoms with E-state index in [1.54, 1.807) is 0 Å². The molecule has 0 fully saturated rings. The summed E-state index contributed by atoms with van der Waals surface area (Å²) in [4.78, 5) is 0.913. The van der Waals surface area contributed by atoms with Crippen LogP contribution >= 0.6 is 11.3 Å². The molecule has 0 bridgehead atoms. The van der Waals surface area contributed by atoms with Gasteiger partial charge < -0.3 is 9.84 Å². The van der Waals surface area contributed by atoms with E-state index in [9.17, 15) is 0 Å². The van der Waals surface area contributed by atoms with Crippen LogP contribution in [-0.4, -0.2) is 5.11 Å². The van der Waals surface area contributed by atoms with E-state index in [0.717, 1.165) is 15.7 Å². The lowest BCUT2D eigenvalue weighted by molar-refractivity contribution is 0.285. The first-order valence-corrected chi connectivity index (χ1v) is 5.12. The molecular weight excluding hydrogens is 196 g/mol. The Balaban J connectivity index is 2.11. The maximum Gasteiger partial charge on any atom is 0.181 e. The van der Waals surface area contributed by atoms with E-state index in [1.165, 1.54) is 11.3 Å². The lowest BCUT2D eigenvalue weighted by Crippen LogP contribution is -1.78. The fourth-order valence-corrected chi connectivity index (χ4v) is 1.84. The largest absolute Gasteiger partial charge is 0.447 e. The minimum Gasteiger partial charge on any atom is -0.447 e. The van der Waals surface area contributed by atoms with Crippen LogP contribution in [0.4, 0.5) is 0 Å². The standard InChI is InChI=1S/C11H10O2S/c12-8-10-6-7-11(14-10)13-9-4-2-1-3-5-9/h1-7,12H,8H2. The number of thiophene rings is 1. The van der Waals surface area contributed by atoms with Crippen molar-refractivity contribution in [2.45, 2.75) is 6.61 Å². The number of aliphatic hydroxyl groups excluding tert-OH is 1. The second-order valence-electron chi connectivity index (χ2n) is 2.79. The maximum atomic E-state index is 8.87. The molecule has 14 heavy (non-hydrogen) atoms. The van der Waals surface area contributed by atoms with E-state index in [2.05, 4.69) is 0 Å². The molecule has 0 aliphatic carbocycles. The van der Waals surface area contributed by atoms with E-state index in [1.807, 2.05) is 42.5 Å². The van der Waals surface area contributed by atoms with Gasteiger partial charge in [-0.25, -0.2) is 0 Å². The Kier molecular flexibility index (Phi) is 2.81. The van der Waals surface area contributed by atoms with Crippen LogP contribution in [0, 0.1) is 0 Å². The average molecular weight is 206 g/mol. The predicted molar refractivity (Wildman–Crippen MR) is 56.8 cm³/mol. The third-order valence-corrected chi connectivity index (χ3v) is 2.70. The lowest BCUT2D eigenvalue weighted by Gasteiger charge is -2.00. The number of hydrogen-bond donors (Lipinski definition) is 1. The van der Waals surface area contributed by atoms with E-state index < -0.39 is 0 Å². The quantitative estimate of drug-likeness (QED) is 0.836. The molecular formula is C11H10O2S. The van der Waals surface area contributed by atoms with Crippen molar-refractivity contribution >= 4 is 11.3 Å². The molecule has 1 aromatic heterocycles. The van der Waals surface area contributed by atoms with Crippen LogP contribution in [0.15, 0.2) is 42.5 Å². The van der Waals surface area contributed by atoms with E-state index in [-0.39, 0.29) is 6.61 Å². The van der Waals surface area contributed by atoms with Crippen molar-refractivity contribution < 1.29 is 9.84 Å². The molecule has 1 heterocycles. The molecule has 2 rings (SSSR count). The van der Waals surface area contributed by atoms with Crippen molar-refractivity contribution in [2.75, 3.05) is 0 Å². The first-order chi connectivity index (χ1) is 6.88. The van der Waals surface area contributed by atoms with Crippen LogP contribution in [0.3, 0.4) is 0 Å². The second kappa shape index (κ2) is 4.26. The Hall–Kier alpha value is -1.32. The van der Waals surface area contributed by atoms with Gasteiger partial charge >= 0.3 is 0 Å². The number of ether oxygens (including phenoxy) is 1. The predicted octanol–water partition coefficient (Wildman–Crippen LogP) is 3.03. The summed E-state index contributed by atoms with van der Waals surface area (Å²) < 4.78 is 5.57. The first-order valence-electron chi connectivity index (χ1n) is 4.31. The van der Waals surface area contributed by atoms with Gasteiger partial charge in [-0.05, 0) is 24.3 Å². The molecule has 0 saturated carbocycles. The fourth-order valence-electron chi connectivity index (χ4n) is 1.10. The summed E-state index contributed by atoms with van der Waals surface area (Å²) in [7, 11) is 0. The Labute approximate surface area is 86.4 Å². The van der Waals surface area contributed by atoms with Crippen molar-refractivity contribution in [1.29, 1.82) is 0 Å². The second-order valence-corrected chi connectivity index (χ2v) is 3.92. The Morgan fingerprint density at radius 1 is 1.07 bits per heavy atom. The van der Waals surface area contributed by atoms with Crippen LogP contribution < -0.4 is 4.74 Å². The molecule has 2 aromatic rings. The van der Waals surface area contributed by atoms with Gasteiger partial charge in [-0.2, -0.15) is 0 Å². The molecule has 0 amide bonds. The van der Waals surface area contributed by atoms with Crippen molar-refractivity contribution in [3.05, 3.63) is 47.3 Å². The Bertz CT molecular complexity index is 395. The van der Waals surface area contributed by atoms with Gasteiger partial charge in [0.2, 0.25) is 0 Å². The third-order valence-electron chi connectivity index (χ3n) is 1.75. The highest BCUT2D eigenvalue weighted by Crippen LogP contribution is 2.29. The topological polar surface area (TPSA) is 29.5 Å². The van der Waals surface area contributed by atoms with Crippen molar-refractivity contribution in [2.24, 2.45) is 0 Å². The molecule has 0 unspecified atom stereocenters. The molecule has 0 atom stereocenters. The molecule has 0 spiro atoms. The molecule has 0 radical (unpaired) electrons. The Morgan fingerprint density at radius 3 is 2.50 bits per heavy atom. The number of aliphatic hydroxyl groups is 1. The maximum absolute atomic E-state index is 8.87. The molecule has 0 aliphatic heterocycles. The van der Waals surface area contributed by atoms with E-state index in [0.29, 0.717) is 0 Å². The Morgan fingerprint density at radius 2 is 1.86 bits per heavy atom. The number of para-hydroxylation sites is 1. The fraction of sp³-hybridized carbons (Fsp3) is 0.0909. The van der Waals surface area contributed by atoms with Crippen molar-refractivity contribution in [3.63, 3.8) is 0 Å². The van der Waals surface area contributed by atoms with Gasteiger partial charge in [-0.3, -0.25) is 0 Å². The summed E-state index contributed by atoms with van der Waals surface area (Å²) in [5.74, 6) is 0.818. The zero-order valence-electron chi connectivity index (χ0n) is 7.51. The molecule has 1 aromatic carbocycles. The minimum atomic E-state index is 0.0722. The smallest absolute Gasteiger partial charge is 0.181 e. The SMILES string of the molecule is OCc1ccc(Oc2ccccc2)s1. The first kappa shape index (κ1) is 9.24. The molecule has 3 heteroatoms. The van der Waals surface area contributed by atoms with Gasteiger partial charge in [-0.1, -0.05) is 18.2 Å². The van der Waals surface area contributed by atoms with Crippen molar-refractivity contribution in [1.82, 2.24) is 0 Å². The number of hydrogen-bond acceptors (Lipinski definition) is 3. The van der Waals surface area contributed by atoms with Crippen LogP contribution in [0.25, 0.3) is 0 Å². The molecule has 0 aliphatic rings. The van der Waals surface area contributed by atoms with Gasteiger partial charge in [0.05, 0.1) is 6.61 Å². The summed E-state index contributed by atoms with van der Waals surface area (Å²) in [6.07, 6.45) is 0. The van der Waals surface area contributed by atoms with E-state index >= 15 is 0 Å². The molecule has 2 nitrogen and oxygen atoms in total. The highest BCUT2D eigenvalue weighted by Gasteiger charge is 2.00. The summed E-state index contributed by atoms with van der Waals surface area (Å²) in [5, 5.41) is 9.68. The molecule has 72 valence electrons. The van der Waals surface area contributed by atoms with Crippen LogP contribution in [0.1, 0.15) is 4.88 Å². The van der Waals surface area contributed by atoms with Crippen LogP contribution in [-0.2, 0) is 6.61 Å². The summed E-state index contributed by atoms with van der Waals surface area (Å²) in [5.41, 5.74) is 0. The minimum absolute atomic E-state index is 0.0722. The zero-order chi connectivity index (χ0) is 9.80. The highest BCUT2D eigenvalue weighted by atomic mass is 32.1. The summed E-state index contributed by atoms with van der Waals surface area (Å²) in [6, 6.07) is 13.3. The van der Waals surface area contributed by atoms with Crippen molar-refractivity contribution in [3.8, 4) is 10.8 Å². The van der Waals surface area contributed by atoms with Gasteiger partial charge in [0.15, 0.2) is 5.06 Å². The lowest BCUT2D eigenvalue weighted by atomic mass is 10.3. The normalized spacial score (nSPS) is 10.1. The number of benzene rings is 1. The van der Waals surface area contributed by atoms with Gasteiger partial charge in [-0.15, -0.1) is 11.3 Å². The van der Waals surface area contributed by atoms with Gasteiger partial charge in [0.1, 0.15) is 5.75 Å². The van der Waals surface area contributed by atoms with Gasteiger partial charge in [0.25, 0.3) is 0 Å². The third kappa shape index (κ3) is 2.13. The van der Waals surface area contributed by atoms with Crippen LogP contribution in [0.5, 0.6) is 10.8 Å². The number of rotatable bonds is 3. The monoisotopic (exact) mass is 206 g/mol. The molecule has 0 saturated heterocycles. The molecule has 1 N–H and O–H groups in total. The summed E-state index contributed by atoms with van der Waals surface area (Å²) in [6.45, 7) is 0.0722. The van der Waals surface area contributed by atoms with Crippen LogP contribution in [0.2, 0.25) is 0 Å². The van der Waals surface area contributed by atoms with Gasteiger partial charge in [0, 0.05) is 4.88 Å². The average Bonchev–Trinajstić information content (AvgIpc) is 2.67.